The largest absolute Gasteiger partial charge is 0.370 e. The zero-order chi connectivity index (χ0) is 19.0. The third kappa shape index (κ3) is 3.43. The Kier molecular flexibility index (Phi) is 4.86. The smallest absolute Gasteiger partial charge is 0.271 e. The van der Waals surface area contributed by atoms with E-state index in [0.717, 1.165) is 68.8 Å². The number of nitrogens with zero attached hydrogens (tertiary/aromatic N) is 4. The van der Waals surface area contributed by atoms with Crippen LogP contribution in [-0.4, -0.2) is 46.3 Å². The van der Waals surface area contributed by atoms with Crippen LogP contribution in [0.3, 0.4) is 0 Å². The third-order valence-electron chi connectivity index (χ3n) is 5.90. The topological polar surface area (TPSA) is 76.2 Å². The molecule has 0 amide bonds. The highest BCUT2D eigenvalue weighted by Gasteiger charge is 2.28. The number of anilines is 1. The fraction of sp³-hybridized carbons (Fsp3) is 0.550. The molecule has 0 atom stereocenters. The molecule has 1 aromatic carbocycles. The van der Waals surface area contributed by atoms with Crippen LogP contribution in [0.5, 0.6) is 0 Å². The molecule has 2 aliphatic rings. The van der Waals surface area contributed by atoms with E-state index in [0.29, 0.717) is 5.92 Å². The van der Waals surface area contributed by atoms with Crippen LogP contribution in [0.2, 0.25) is 0 Å². The summed E-state index contributed by atoms with van der Waals surface area (Å²) in [5.74, 6) is 1.50. The number of aromatic nitrogens is 2. The van der Waals surface area contributed by atoms with Gasteiger partial charge in [0.15, 0.2) is 0 Å². The molecule has 0 radical (unpaired) electrons. The van der Waals surface area contributed by atoms with Gasteiger partial charge in [-0.2, -0.15) is 5.10 Å². The Hall–Kier alpha value is -2.41. The molecule has 2 aromatic rings. The predicted octanol–water partition coefficient (Wildman–Crippen LogP) is 3.65. The lowest BCUT2D eigenvalue weighted by Crippen LogP contribution is -2.29. The quantitative estimate of drug-likeness (QED) is 0.660. The van der Waals surface area contributed by atoms with Gasteiger partial charge in [0, 0.05) is 30.2 Å². The fourth-order valence-corrected chi connectivity index (χ4v) is 4.25. The second kappa shape index (κ2) is 7.31. The average molecular weight is 369 g/mol. The Morgan fingerprint density at radius 1 is 1.26 bits per heavy atom. The summed E-state index contributed by atoms with van der Waals surface area (Å²) < 4.78 is 1.93. The second-order valence-corrected chi connectivity index (χ2v) is 7.81. The Bertz CT molecular complexity index is 852. The maximum absolute atomic E-state index is 11.3. The van der Waals surface area contributed by atoms with Crippen molar-refractivity contribution < 1.29 is 4.92 Å². The van der Waals surface area contributed by atoms with E-state index >= 15 is 0 Å². The first-order valence-electron chi connectivity index (χ1n) is 9.84. The van der Waals surface area contributed by atoms with Crippen molar-refractivity contribution in [3.63, 3.8) is 0 Å². The summed E-state index contributed by atoms with van der Waals surface area (Å²) in [5, 5.41) is 19.9. The van der Waals surface area contributed by atoms with Crippen LogP contribution in [0.4, 0.5) is 11.5 Å². The van der Waals surface area contributed by atoms with Crippen molar-refractivity contribution in [1.29, 1.82) is 0 Å². The molecule has 0 saturated carbocycles. The molecule has 27 heavy (non-hydrogen) atoms. The first kappa shape index (κ1) is 18.0. The minimum absolute atomic E-state index is 0.106. The lowest BCUT2D eigenvalue weighted by atomic mass is 9.90. The van der Waals surface area contributed by atoms with E-state index in [9.17, 15) is 10.1 Å². The van der Waals surface area contributed by atoms with Crippen LogP contribution in [-0.2, 0) is 6.42 Å². The number of likely N-dealkylation sites (tertiary alicyclic amines) is 1. The summed E-state index contributed by atoms with van der Waals surface area (Å²) in [6.45, 7) is 5.09. The number of aryl methyl sites for hydroxylation is 1. The van der Waals surface area contributed by atoms with Crippen molar-refractivity contribution in [2.75, 3.05) is 32.0 Å². The number of fused-ring (bicyclic) bond motifs is 1. The number of hydrogen-bond acceptors (Lipinski definition) is 5. The SMILES string of the molecule is Cc1ccc([N+](=O)[O-])cc1-n1nc(C2CCN(C)CC2)c2c1NCCCC2. The van der Waals surface area contributed by atoms with E-state index in [1.807, 2.05) is 17.7 Å². The molecule has 1 fully saturated rings. The lowest BCUT2D eigenvalue weighted by molar-refractivity contribution is -0.384. The number of non-ortho nitro benzene ring substituents is 1. The van der Waals surface area contributed by atoms with Crippen LogP contribution >= 0.6 is 0 Å². The van der Waals surface area contributed by atoms with Crippen LogP contribution in [0.15, 0.2) is 18.2 Å². The highest BCUT2D eigenvalue weighted by Crippen LogP contribution is 2.37. The minimum Gasteiger partial charge on any atom is -0.370 e. The van der Waals surface area contributed by atoms with Gasteiger partial charge in [-0.3, -0.25) is 10.1 Å². The van der Waals surface area contributed by atoms with E-state index in [2.05, 4.69) is 17.3 Å². The van der Waals surface area contributed by atoms with Crippen molar-refractivity contribution in [3.8, 4) is 5.69 Å². The molecule has 1 aromatic heterocycles. The van der Waals surface area contributed by atoms with Crippen molar-refractivity contribution in [2.24, 2.45) is 0 Å². The van der Waals surface area contributed by atoms with E-state index in [-0.39, 0.29) is 10.6 Å². The molecule has 1 N–H and O–H groups in total. The summed E-state index contributed by atoms with van der Waals surface area (Å²) in [4.78, 5) is 13.3. The second-order valence-electron chi connectivity index (χ2n) is 7.81. The van der Waals surface area contributed by atoms with Crippen LogP contribution in [0.1, 0.15) is 48.4 Å². The number of piperidine rings is 1. The summed E-state index contributed by atoms with van der Waals surface area (Å²) in [6.07, 6.45) is 5.55. The normalized spacial score (nSPS) is 18.6. The molecule has 7 heteroatoms. The minimum atomic E-state index is -0.337. The number of hydrogen-bond donors (Lipinski definition) is 1. The Morgan fingerprint density at radius 3 is 2.78 bits per heavy atom. The zero-order valence-electron chi connectivity index (χ0n) is 16.1. The summed E-state index contributed by atoms with van der Waals surface area (Å²) in [7, 11) is 2.17. The fourth-order valence-electron chi connectivity index (χ4n) is 4.25. The highest BCUT2D eigenvalue weighted by atomic mass is 16.6. The van der Waals surface area contributed by atoms with Crippen LogP contribution < -0.4 is 5.32 Å². The number of nitro groups is 1. The third-order valence-corrected chi connectivity index (χ3v) is 5.90. The molecular formula is C20H27N5O2. The van der Waals surface area contributed by atoms with E-state index in [1.165, 1.54) is 11.3 Å². The number of nitrogens with one attached hydrogen (secondary N) is 1. The van der Waals surface area contributed by atoms with Gasteiger partial charge in [0.05, 0.1) is 16.3 Å². The standard InChI is InChI=1S/C20H27N5O2/c1-14-6-7-16(25(26)27)13-18(14)24-20-17(5-3-4-10-21-20)19(22-24)15-8-11-23(2)12-9-15/h6-7,13,15,21H,3-5,8-12H2,1-2H3. The molecule has 0 unspecified atom stereocenters. The number of rotatable bonds is 3. The molecule has 0 aliphatic carbocycles. The number of benzene rings is 1. The molecular weight excluding hydrogens is 342 g/mol. The van der Waals surface area contributed by atoms with Crippen LogP contribution in [0.25, 0.3) is 5.69 Å². The first-order valence-corrected chi connectivity index (χ1v) is 9.84. The van der Waals surface area contributed by atoms with Gasteiger partial charge >= 0.3 is 0 Å². The van der Waals surface area contributed by atoms with Crippen molar-refractivity contribution in [1.82, 2.24) is 14.7 Å². The van der Waals surface area contributed by atoms with Gasteiger partial charge < -0.3 is 10.2 Å². The average Bonchev–Trinajstić information content (AvgIpc) is 2.84. The molecule has 4 rings (SSSR count). The molecule has 0 spiro atoms. The van der Waals surface area contributed by atoms with Crippen molar-refractivity contribution in [3.05, 3.63) is 45.1 Å². The van der Waals surface area contributed by atoms with Gasteiger partial charge in [-0.25, -0.2) is 4.68 Å². The highest BCUT2D eigenvalue weighted by molar-refractivity contribution is 5.58. The molecule has 0 bridgehead atoms. The van der Waals surface area contributed by atoms with Crippen molar-refractivity contribution >= 4 is 11.5 Å². The van der Waals surface area contributed by atoms with Gasteiger partial charge in [0.25, 0.3) is 5.69 Å². The monoisotopic (exact) mass is 369 g/mol. The van der Waals surface area contributed by atoms with Gasteiger partial charge in [-0.15, -0.1) is 0 Å². The molecule has 2 aliphatic heterocycles. The van der Waals surface area contributed by atoms with Crippen molar-refractivity contribution in [2.45, 2.75) is 44.9 Å². The van der Waals surface area contributed by atoms with E-state index in [4.69, 9.17) is 5.10 Å². The molecule has 144 valence electrons. The first-order chi connectivity index (χ1) is 13.0. The Labute approximate surface area is 159 Å². The Balaban J connectivity index is 1.82. The summed E-state index contributed by atoms with van der Waals surface area (Å²) in [6, 6.07) is 5.02. The Morgan fingerprint density at radius 2 is 2.04 bits per heavy atom. The lowest BCUT2D eigenvalue weighted by Gasteiger charge is -2.28. The molecule has 7 nitrogen and oxygen atoms in total. The summed E-state index contributed by atoms with van der Waals surface area (Å²) in [5.41, 5.74) is 4.40. The molecule has 1 saturated heterocycles. The number of nitro benzene ring substituents is 1. The molecule has 3 heterocycles. The van der Waals surface area contributed by atoms with Gasteiger partial charge in [-0.1, -0.05) is 6.07 Å². The predicted molar refractivity (Wildman–Crippen MR) is 106 cm³/mol. The van der Waals surface area contributed by atoms with E-state index < -0.39 is 0 Å². The summed E-state index contributed by atoms with van der Waals surface area (Å²) >= 11 is 0. The van der Waals surface area contributed by atoms with Gasteiger partial charge in [-0.05, 0) is 64.7 Å². The van der Waals surface area contributed by atoms with Gasteiger partial charge in [0.2, 0.25) is 0 Å². The van der Waals surface area contributed by atoms with Crippen LogP contribution in [0, 0.1) is 17.0 Å². The maximum Gasteiger partial charge on any atom is 0.271 e. The van der Waals surface area contributed by atoms with E-state index in [1.54, 1.807) is 12.1 Å². The zero-order valence-corrected chi connectivity index (χ0v) is 16.1. The van der Waals surface area contributed by atoms with Gasteiger partial charge in [0.1, 0.15) is 5.82 Å². The maximum atomic E-state index is 11.3.